The first-order valence-corrected chi connectivity index (χ1v) is 8.97. The summed E-state index contributed by atoms with van der Waals surface area (Å²) in [5, 5.41) is 3.87. The number of hydrogen-bond donors (Lipinski definition) is 1. The summed E-state index contributed by atoms with van der Waals surface area (Å²) in [6, 6.07) is 2.11. The van der Waals surface area contributed by atoms with Crippen LogP contribution in [0, 0.1) is 5.41 Å². The molecule has 1 aliphatic carbocycles. The fourth-order valence-corrected chi connectivity index (χ4v) is 3.72. The average molecular weight is 283 g/mol. The molecule has 1 aliphatic rings. The van der Waals surface area contributed by atoms with Crippen LogP contribution in [0.5, 0.6) is 0 Å². The van der Waals surface area contributed by atoms with Crippen LogP contribution >= 0.6 is 0 Å². The summed E-state index contributed by atoms with van der Waals surface area (Å²) in [5.74, 6) is 0. The van der Waals surface area contributed by atoms with Crippen molar-refractivity contribution in [1.82, 2.24) is 10.2 Å². The van der Waals surface area contributed by atoms with Crippen molar-refractivity contribution in [3.8, 4) is 0 Å². The van der Waals surface area contributed by atoms with Gasteiger partial charge in [0.05, 0.1) is 0 Å². The third kappa shape index (κ3) is 4.46. The van der Waals surface area contributed by atoms with Crippen molar-refractivity contribution in [2.45, 2.75) is 98.2 Å². The lowest BCUT2D eigenvalue weighted by atomic mass is 9.86. The quantitative estimate of drug-likeness (QED) is 0.672. The first kappa shape index (κ1) is 18.0. The zero-order valence-electron chi connectivity index (χ0n) is 14.8. The minimum absolute atomic E-state index is 0.442. The molecule has 3 atom stereocenters. The first-order chi connectivity index (χ1) is 9.47. The Morgan fingerprint density at radius 3 is 2.45 bits per heavy atom. The van der Waals surface area contributed by atoms with Crippen LogP contribution in [0.25, 0.3) is 0 Å². The maximum atomic E-state index is 3.87. The van der Waals surface area contributed by atoms with Gasteiger partial charge in [-0.15, -0.1) is 0 Å². The molecular weight excluding hydrogens is 244 g/mol. The third-order valence-corrected chi connectivity index (χ3v) is 5.28. The maximum Gasteiger partial charge on any atom is 0.0274 e. The van der Waals surface area contributed by atoms with Crippen LogP contribution in [0.1, 0.15) is 80.1 Å². The van der Waals surface area contributed by atoms with Gasteiger partial charge >= 0.3 is 0 Å². The van der Waals surface area contributed by atoms with Gasteiger partial charge in [-0.05, 0) is 57.5 Å². The molecule has 0 amide bonds. The standard InChI is InChI=1S/C18H38N2/c1-7-10-14-20(15(4)9-3)16-11-12-18(5,6)17(16)19-13-8-2/h15-17,19H,7-14H2,1-6H3. The third-order valence-electron chi connectivity index (χ3n) is 5.28. The fourth-order valence-electron chi connectivity index (χ4n) is 3.72. The van der Waals surface area contributed by atoms with Crippen molar-refractivity contribution in [3.63, 3.8) is 0 Å². The average Bonchev–Trinajstić information content (AvgIpc) is 2.72. The van der Waals surface area contributed by atoms with Gasteiger partial charge in [-0.2, -0.15) is 0 Å². The van der Waals surface area contributed by atoms with E-state index in [1.54, 1.807) is 0 Å². The van der Waals surface area contributed by atoms with E-state index in [1.165, 1.54) is 45.1 Å². The number of unbranched alkanes of at least 4 members (excludes halogenated alkanes) is 1. The first-order valence-electron chi connectivity index (χ1n) is 8.97. The molecule has 1 saturated carbocycles. The van der Waals surface area contributed by atoms with E-state index in [2.05, 4.69) is 51.8 Å². The minimum atomic E-state index is 0.442. The van der Waals surface area contributed by atoms with E-state index in [4.69, 9.17) is 0 Å². The molecule has 1 rings (SSSR count). The van der Waals surface area contributed by atoms with E-state index in [0.29, 0.717) is 17.5 Å². The molecule has 0 aromatic carbocycles. The lowest BCUT2D eigenvalue weighted by Crippen LogP contribution is -2.54. The van der Waals surface area contributed by atoms with Gasteiger partial charge in [0.25, 0.3) is 0 Å². The highest BCUT2D eigenvalue weighted by molar-refractivity contribution is 5.01. The molecule has 120 valence electrons. The molecule has 0 radical (unpaired) electrons. The predicted octanol–water partition coefficient (Wildman–Crippen LogP) is 4.44. The Labute approximate surface area is 127 Å². The van der Waals surface area contributed by atoms with Crippen LogP contribution in [-0.2, 0) is 0 Å². The van der Waals surface area contributed by atoms with E-state index in [9.17, 15) is 0 Å². The van der Waals surface area contributed by atoms with Crippen LogP contribution < -0.4 is 5.32 Å². The minimum Gasteiger partial charge on any atom is -0.312 e. The highest BCUT2D eigenvalue weighted by Gasteiger charge is 2.44. The molecule has 0 saturated heterocycles. The highest BCUT2D eigenvalue weighted by Crippen LogP contribution is 2.40. The van der Waals surface area contributed by atoms with E-state index in [-0.39, 0.29) is 0 Å². The van der Waals surface area contributed by atoms with Gasteiger partial charge in [-0.1, -0.05) is 41.0 Å². The Hall–Kier alpha value is -0.0800. The van der Waals surface area contributed by atoms with Gasteiger partial charge in [-0.3, -0.25) is 4.90 Å². The van der Waals surface area contributed by atoms with Crippen LogP contribution in [0.2, 0.25) is 0 Å². The smallest absolute Gasteiger partial charge is 0.0274 e. The topological polar surface area (TPSA) is 15.3 Å². The zero-order chi connectivity index (χ0) is 15.2. The van der Waals surface area contributed by atoms with E-state index in [1.807, 2.05) is 0 Å². The van der Waals surface area contributed by atoms with Crippen LogP contribution in [0.3, 0.4) is 0 Å². The van der Waals surface area contributed by atoms with Crippen LogP contribution in [-0.4, -0.2) is 36.1 Å². The Kier molecular flexibility index (Phi) is 7.53. The number of nitrogens with zero attached hydrogens (tertiary/aromatic N) is 1. The zero-order valence-corrected chi connectivity index (χ0v) is 14.8. The Bertz CT molecular complexity index is 262. The van der Waals surface area contributed by atoms with Crippen LogP contribution in [0.4, 0.5) is 0 Å². The van der Waals surface area contributed by atoms with Crippen molar-refractivity contribution in [1.29, 1.82) is 0 Å². The van der Waals surface area contributed by atoms with Crippen molar-refractivity contribution in [2.75, 3.05) is 13.1 Å². The Balaban J connectivity index is 2.80. The predicted molar refractivity (Wildman–Crippen MR) is 90.3 cm³/mol. The van der Waals surface area contributed by atoms with Crippen LogP contribution in [0.15, 0.2) is 0 Å². The molecule has 3 unspecified atom stereocenters. The molecule has 0 aromatic rings. The largest absolute Gasteiger partial charge is 0.312 e. The van der Waals surface area contributed by atoms with Crippen molar-refractivity contribution in [3.05, 3.63) is 0 Å². The fraction of sp³-hybridized carbons (Fsp3) is 1.00. The SMILES string of the molecule is CCCCN(C(C)CC)C1CCC(C)(C)C1NCCC. The summed E-state index contributed by atoms with van der Waals surface area (Å²) in [7, 11) is 0. The maximum absolute atomic E-state index is 3.87. The van der Waals surface area contributed by atoms with Crippen molar-refractivity contribution in [2.24, 2.45) is 5.41 Å². The van der Waals surface area contributed by atoms with Gasteiger partial charge in [0.15, 0.2) is 0 Å². The summed E-state index contributed by atoms with van der Waals surface area (Å²) < 4.78 is 0. The second-order valence-electron chi connectivity index (χ2n) is 7.38. The lowest BCUT2D eigenvalue weighted by Gasteiger charge is -2.41. The second kappa shape index (κ2) is 8.38. The van der Waals surface area contributed by atoms with E-state index < -0.39 is 0 Å². The molecule has 20 heavy (non-hydrogen) atoms. The number of rotatable bonds is 9. The van der Waals surface area contributed by atoms with Gasteiger partial charge in [0.1, 0.15) is 0 Å². The molecule has 2 heteroatoms. The summed E-state index contributed by atoms with van der Waals surface area (Å²) in [6.07, 6.45) is 7.86. The monoisotopic (exact) mass is 282 g/mol. The normalized spacial score (nSPS) is 27.1. The summed E-state index contributed by atoms with van der Waals surface area (Å²) in [5.41, 5.74) is 0.442. The molecular formula is C18H38N2. The van der Waals surface area contributed by atoms with Gasteiger partial charge in [0.2, 0.25) is 0 Å². The molecule has 1 fully saturated rings. The van der Waals surface area contributed by atoms with E-state index >= 15 is 0 Å². The highest BCUT2D eigenvalue weighted by atomic mass is 15.2. The summed E-state index contributed by atoms with van der Waals surface area (Å²) in [6.45, 7) is 16.7. The van der Waals surface area contributed by atoms with Gasteiger partial charge in [-0.25, -0.2) is 0 Å². The molecule has 0 bridgehead atoms. The van der Waals surface area contributed by atoms with Gasteiger partial charge in [0, 0.05) is 18.1 Å². The van der Waals surface area contributed by atoms with Gasteiger partial charge < -0.3 is 5.32 Å². The number of hydrogen-bond acceptors (Lipinski definition) is 2. The lowest BCUT2D eigenvalue weighted by molar-refractivity contribution is 0.102. The summed E-state index contributed by atoms with van der Waals surface area (Å²) >= 11 is 0. The van der Waals surface area contributed by atoms with Crippen molar-refractivity contribution < 1.29 is 0 Å². The molecule has 0 heterocycles. The Morgan fingerprint density at radius 1 is 1.20 bits per heavy atom. The number of nitrogens with one attached hydrogen (secondary N) is 1. The van der Waals surface area contributed by atoms with Crippen molar-refractivity contribution >= 4 is 0 Å². The van der Waals surface area contributed by atoms with E-state index in [0.717, 1.165) is 12.6 Å². The molecule has 2 nitrogen and oxygen atoms in total. The summed E-state index contributed by atoms with van der Waals surface area (Å²) in [4.78, 5) is 2.81. The Morgan fingerprint density at radius 2 is 1.90 bits per heavy atom. The molecule has 0 spiro atoms. The molecule has 1 N–H and O–H groups in total. The molecule has 0 aliphatic heterocycles. The second-order valence-corrected chi connectivity index (χ2v) is 7.38. The molecule has 0 aromatic heterocycles.